The molecular weight excluding hydrogens is 470 g/mol. The van der Waals surface area contributed by atoms with Gasteiger partial charge in [-0.2, -0.15) is 0 Å². The fourth-order valence-electron chi connectivity index (χ4n) is 3.36. The van der Waals surface area contributed by atoms with Gasteiger partial charge in [0, 0.05) is 0 Å². The number of nitrogens with zero attached hydrogens (tertiary/aromatic N) is 6. The van der Waals surface area contributed by atoms with Gasteiger partial charge in [0.2, 0.25) is 0 Å². The average molecular weight is 498 g/mol. The predicted molar refractivity (Wildman–Crippen MR) is 122 cm³/mol. The minimum Gasteiger partial charge on any atom is -0.459 e. The second-order valence-corrected chi connectivity index (χ2v) is 9.30. The number of amides is 1. The minimum absolute atomic E-state index is 0.144. The summed E-state index contributed by atoms with van der Waals surface area (Å²) < 4.78 is 19.0. The fraction of sp³-hybridized carbons (Fsp3) is 0.435. The zero-order chi connectivity index (χ0) is 25.7. The van der Waals surface area contributed by atoms with Crippen molar-refractivity contribution in [2.24, 2.45) is 0 Å². The highest BCUT2D eigenvalue weighted by Crippen LogP contribution is 2.11. The Labute approximate surface area is 206 Å². The van der Waals surface area contributed by atoms with Gasteiger partial charge < -0.3 is 19.5 Å². The first-order chi connectivity index (χ1) is 17.1. The van der Waals surface area contributed by atoms with E-state index in [0.29, 0.717) is 24.5 Å². The van der Waals surface area contributed by atoms with E-state index >= 15 is 0 Å². The number of esters is 2. The first-order valence-electron chi connectivity index (χ1n) is 11.3. The van der Waals surface area contributed by atoms with Crippen LogP contribution in [0.4, 0.5) is 4.79 Å². The number of benzene rings is 1. The second kappa shape index (κ2) is 10.5. The van der Waals surface area contributed by atoms with Crippen LogP contribution in [-0.2, 0) is 50.1 Å². The number of fused-ring (bicyclic) bond motifs is 9. The molecule has 0 unspecified atom stereocenters. The zero-order valence-electron chi connectivity index (χ0n) is 20.2. The molecule has 6 bridgehead atoms. The highest BCUT2D eigenvalue weighted by atomic mass is 16.6. The van der Waals surface area contributed by atoms with Crippen LogP contribution in [-0.4, -0.2) is 59.7 Å². The van der Waals surface area contributed by atoms with Gasteiger partial charge in [-0.05, 0) is 31.9 Å². The first kappa shape index (κ1) is 24.8. The Morgan fingerprint density at radius 1 is 0.944 bits per heavy atom. The number of hydrogen-bond acceptors (Lipinski definition) is 10. The van der Waals surface area contributed by atoms with Gasteiger partial charge in [-0.1, -0.05) is 34.7 Å². The van der Waals surface area contributed by atoms with E-state index in [1.165, 1.54) is 0 Å². The van der Waals surface area contributed by atoms with E-state index in [1.807, 2.05) is 24.3 Å². The maximum Gasteiger partial charge on any atom is 0.408 e. The molecule has 0 radical (unpaired) electrons. The summed E-state index contributed by atoms with van der Waals surface area (Å²) >= 11 is 0. The molecule has 36 heavy (non-hydrogen) atoms. The van der Waals surface area contributed by atoms with Gasteiger partial charge in [0.1, 0.15) is 36.2 Å². The lowest BCUT2D eigenvalue weighted by atomic mass is 10.1. The molecule has 0 spiro atoms. The van der Waals surface area contributed by atoms with Gasteiger partial charge in [0.15, 0.2) is 0 Å². The Hall–Kier alpha value is -4.29. The standard InChI is InChI=1S/C23H27N7O6/c1-23(2,3)36-22(33)24-19-8-20(31)34-13-17-11-29(27-25-17)9-15-4-6-16(7-5-15)10-30-12-18(26-28-30)14-35-21(19)32/h4-7,11-12,19H,8-10,13-14H2,1-3H3,(H,24,33)/t19-/m0/s1. The van der Waals surface area contributed by atoms with E-state index in [-0.39, 0.29) is 13.2 Å². The quantitative estimate of drug-likeness (QED) is 0.385. The van der Waals surface area contributed by atoms with Crippen molar-refractivity contribution in [2.75, 3.05) is 0 Å². The first-order valence-corrected chi connectivity index (χ1v) is 11.3. The maximum atomic E-state index is 12.8. The van der Waals surface area contributed by atoms with Crippen LogP contribution in [0, 0.1) is 0 Å². The lowest BCUT2D eigenvalue weighted by Gasteiger charge is -2.22. The molecule has 3 aromatic rings. The lowest BCUT2D eigenvalue weighted by Crippen LogP contribution is -2.45. The monoisotopic (exact) mass is 497 g/mol. The molecule has 2 aliphatic rings. The van der Waals surface area contributed by atoms with Gasteiger partial charge in [0.05, 0.1) is 31.9 Å². The van der Waals surface area contributed by atoms with Crippen molar-refractivity contribution in [3.8, 4) is 0 Å². The van der Waals surface area contributed by atoms with Crippen LogP contribution < -0.4 is 5.32 Å². The lowest BCUT2D eigenvalue weighted by molar-refractivity contribution is -0.154. The van der Waals surface area contributed by atoms with E-state index in [4.69, 9.17) is 14.2 Å². The third kappa shape index (κ3) is 7.10. The summed E-state index contributed by atoms with van der Waals surface area (Å²) in [6.07, 6.45) is 1.98. The van der Waals surface area contributed by atoms with Crippen LogP contribution in [0.3, 0.4) is 0 Å². The molecule has 1 aromatic carbocycles. The molecular formula is C23H27N7O6. The van der Waals surface area contributed by atoms with Gasteiger partial charge >= 0.3 is 18.0 Å². The van der Waals surface area contributed by atoms with E-state index in [9.17, 15) is 14.4 Å². The second-order valence-electron chi connectivity index (χ2n) is 9.30. The Balaban J connectivity index is 1.53. The molecule has 1 atom stereocenters. The van der Waals surface area contributed by atoms with Crippen molar-refractivity contribution in [3.63, 3.8) is 0 Å². The van der Waals surface area contributed by atoms with Crippen molar-refractivity contribution >= 4 is 18.0 Å². The number of carbonyl (C=O) groups excluding carboxylic acids is 3. The van der Waals surface area contributed by atoms with Crippen LogP contribution >= 0.6 is 0 Å². The van der Waals surface area contributed by atoms with Gasteiger partial charge in [0.25, 0.3) is 0 Å². The molecule has 0 aliphatic carbocycles. The summed E-state index contributed by atoms with van der Waals surface area (Å²) in [6.45, 7) is 5.66. The number of aromatic nitrogens is 6. The number of nitrogens with one attached hydrogen (secondary N) is 1. The largest absolute Gasteiger partial charge is 0.459 e. The Kier molecular flexibility index (Phi) is 7.27. The maximum absolute atomic E-state index is 12.8. The van der Waals surface area contributed by atoms with Gasteiger partial charge in [-0.25, -0.2) is 19.0 Å². The molecule has 2 aliphatic heterocycles. The molecule has 0 saturated carbocycles. The molecule has 0 fully saturated rings. The number of hydrogen-bond donors (Lipinski definition) is 1. The normalized spacial score (nSPS) is 17.1. The Morgan fingerprint density at radius 2 is 1.47 bits per heavy atom. The van der Waals surface area contributed by atoms with Crippen LogP contribution in [0.1, 0.15) is 49.7 Å². The van der Waals surface area contributed by atoms with Crippen molar-refractivity contribution < 1.29 is 28.6 Å². The number of ether oxygens (including phenoxy) is 3. The topological polar surface area (TPSA) is 152 Å². The molecule has 13 nitrogen and oxygen atoms in total. The van der Waals surface area contributed by atoms with Crippen LogP contribution in [0.15, 0.2) is 36.7 Å². The third-order valence-corrected chi connectivity index (χ3v) is 4.97. The molecule has 5 rings (SSSR count). The molecule has 0 saturated heterocycles. The predicted octanol–water partition coefficient (Wildman–Crippen LogP) is 1.35. The van der Waals surface area contributed by atoms with Crippen molar-refractivity contribution in [1.82, 2.24) is 35.3 Å². The van der Waals surface area contributed by atoms with Crippen molar-refractivity contribution in [3.05, 3.63) is 59.2 Å². The molecule has 13 heteroatoms. The Bertz CT molecular complexity index is 1230. The van der Waals surface area contributed by atoms with E-state index in [0.717, 1.165) is 11.1 Å². The van der Waals surface area contributed by atoms with Crippen LogP contribution in [0.2, 0.25) is 0 Å². The molecule has 190 valence electrons. The molecule has 2 aromatic heterocycles. The summed E-state index contributed by atoms with van der Waals surface area (Å²) in [5.74, 6) is -1.58. The summed E-state index contributed by atoms with van der Waals surface area (Å²) in [5.41, 5.74) is 2.07. The number of alkyl carbamates (subject to hydrolysis) is 1. The SMILES string of the molecule is CC(C)(C)OC(=O)N[C@H]1CC(=O)OCc2cn(nn2)Cc2ccc(cc2)Cn2cc(nn2)COC1=O. The Morgan fingerprint density at radius 3 is 2.00 bits per heavy atom. The highest BCUT2D eigenvalue weighted by Gasteiger charge is 2.29. The van der Waals surface area contributed by atoms with Gasteiger partial charge in [-0.15, -0.1) is 10.2 Å². The number of carbonyl (C=O) groups is 3. The van der Waals surface area contributed by atoms with Crippen LogP contribution in [0.25, 0.3) is 0 Å². The summed E-state index contributed by atoms with van der Waals surface area (Å²) in [4.78, 5) is 37.5. The minimum atomic E-state index is -1.33. The van der Waals surface area contributed by atoms with Crippen molar-refractivity contribution in [1.29, 1.82) is 0 Å². The summed E-state index contributed by atoms with van der Waals surface area (Å²) in [7, 11) is 0. The average Bonchev–Trinajstić information content (AvgIpc) is 3.44. The number of rotatable bonds is 1. The zero-order valence-corrected chi connectivity index (χ0v) is 20.2. The summed E-state index contributed by atoms with van der Waals surface area (Å²) in [5, 5.41) is 18.5. The van der Waals surface area contributed by atoms with Crippen LogP contribution in [0.5, 0.6) is 0 Å². The highest BCUT2D eigenvalue weighted by molar-refractivity contribution is 5.86. The molecule has 1 amide bonds. The van der Waals surface area contributed by atoms with E-state index in [1.54, 1.807) is 42.5 Å². The fourth-order valence-corrected chi connectivity index (χ4v) is 3.36. The molecule has 1 N–H and O–H groups in total. The van der Waals surface area contributed by atoms with E-state index < -0.39 is 36.1 Å². The van der Waals surface area contributed by atoms with E-state index in [2.05, 4.69) is 25.9 Å². The third-order valence-electron chi connectivity index (χ3n) is 4.97. The van der Waals surface area contributed by atoms with Crippen molar-refractivity contribution in [2.45, 2.75) is 65.1 Å². The van der Waals surface area contributed by atoms with Gasteiger partial charge in [-0.3, -0.25) is 4.79 Å². The molecule has 4 heterocycles. The summed E-state index contributed by atoms with van der Waals surface area (Å²) in [6, 6.07) is 6.57. The smallest absolute Gasteiger partial charge is 0.408 e.